The minimum Gasteiger partial charge on any atom is -0.368 e. The molecule has 0 aromatic carbocycles. The van der Waals surface area contributed by atoms with Crippen molar-refractivity contribution in [2.75, 3.05) is 11.1 Å². The standard InChI is InChI=1S/C9H8ClFN4S/c10-7-2-1-5(16-7)3-13-8-6(11)4-14-9(12)15-8/h1-2,4H,3H2,(H3,12,13,14,15). The van der Waals surface area contributed by atoms with Crippen LogP contribution in [0.15, 0.2) is 18.3 Å². The van der Waals surface area contributed by atoms with Gasteiger partial charge < -0.3 is 11.1 Å². The van der Waals surface area contributed by atoms with E-state index >= 15 is 0 Å². The molecule has 0 aliphatic heterocycles. The Morgan fingerprint density at radius 2 is 2.31 bits per heavy atom. The normalized spacial score (nSPS) is 10.4. The number of nitrogen functional groups attached to an aromatic ring is 1. The molecule has 16 heavy (non-hydrogen) atoms. The Morgan fingerprint density at radius 3 is 3.00 bits per heavy atom. The number of nitrogens with one attached hydrogen (secondary N) is 1. The molecular formula is C9H8ClFN4S. The average molecular weight is 259 g/mol. The van der Waals surface area contributed by atoms with Crippen LogP contribution in [0.4, 0.5) is 16.2 Å². The van der Waals surface area contributed by atoms with E-state index in [1.54, 1.807) is 6.07 Å². The predicted octanol–water partition coefficient (Wildman–Crippen LogP) is 2.52. The summed E-state index contributed by atoms with van der Waals surface area (Å²) in [5.41, 5.74) is 5.35. The highest BCUT2D eigenvalue weighted by atomic mass is 35.5. The van der Waals surface area contributed by atoms with E-state index in [0.717, 1.165) is 11.1 Å². The minimum absolute atomic E-state index is 0.0353. The summed E-state index contributed by atoms with van der Waals surface area (Å²) < 4.78 is 13.9. The Bertz CT molecular complexity index is 502. The average Bonchev–Trinajstić information content (AvgIpc) is 2.66. The Kier molecular flexibility index (Phi) is 3.21. The molecule has 4 nitrogen and oxygen atoms in total. The molecule has 0 unspecified atom stereocenters. The monoisotopic (exact) mass is 258 g/mol. The zero-order valence-corrected chi connectivity index (χ0v) is 9.65. The second-order valence-electron chi connectivity index (χ2n) is 2.98. The first-order valence-corrected chi connectivity index (χ1v) is 5.60. The molecule has 2 aromatic heterocycles. The molecule has 0 aliphatic carbocycles. The quantitative estimate of drug-likeness (QED) is 0.888. The molecule has 0 bridgehead atoms. The molecule has 0 radical (unpaired) electrons. The van der Waals surface area contributed by atoms with E-state index in [0.29, 0.717) is 10.9 Å². The maximum atomic E-state index is 13.2. The van der Waals surface area contributed by atoms with Gasteiger partial charge in [-0.05, 0) is 12.1 Å². The van der Waals surface area contributed by atoms with Gasteiger partial charge in [-0.1, -0.05) is 11.6 Å². The second-order valence-corrected chi connectivity index (χ2v) is 4.78. The summed E-state index contributed by atoms with van der Waals surface area (Å²) in [6, 6.07) is 3.65. The topological polar surface area (TPSA) is 63.8 Å². The number of nitrogens with two attached hydrogens (primary N) is 1. The first-order valence-electron chi connectivity index (χ1n) is 4.41. The molecule has 0 atom stereocenters. The smallest absolute Gasteiger partial charge is 0.222 e. The third-order valence-corrected chi connectivity index (χ3v) is 3.05. The van der Waals surface area contributed by atoms with E-state index in [9.17, 15) is 4.39 Å². The highest BCUT2D eigenvalue weighted by molar-refractivity contribution is 7.16. The predicted molar refractivity (Wildman–Crippen MR) is 63.1 cm³/mol. The van der Waals surface area contributed by atoms with Gasteiger partial charge in [-0.2, -0.15) is 4.98 Å². The van der Waals surface area contributed by atoms with Crippen molar-refractivity contribution in [2.45, 2.75) is 6.54 Å². The molecule has 0 spiro atoms. The highest BCUT2D eigenvalue weighted by Gasteiger charge is 2.05. The molecular weight excluding hydrogens is 251 g/mol. The number of rotatable bonds is 3. The molecule has 0 saturated carbocycles. The summed E-state index contributed by atoms with van der Waals surface area (Å²) >= 11 is 7.19. The first kappa shape index (κ1) is 11.1. The van der Waals surface area contributed by atoms with Crippen molar-refractivity contribution >= 4 is 34.7 Å². The van der Waals surface area contributed by atoms with Crippen LogP contribution in [0.2, 0.25) is 4.34 Å². The number of halogens is 2. The van der Waals surface area contributed by atoms with Crippen molar-refractivity contribution in [3.8, 4) is 0 Å². The summed E-state index contributed by atoms with van der Waals surface area (Å²) in [4.78, 5) is 8.27. The van der Waals surface area contributed by atoms with E-state index in [-0.39, 0.29) is 11.8 Å². The highest BCUT2D eigenvalue weighted by Crippen LogP contribution is 2.22. The lowest BCUT2D eigenvalue weighted by molar-refractivity contribution is 0.617. The van der Waals surface area contributed by atoms with Crippen molar-refractivity contribution in [1.82, 2.24) is 9.97 Å². The lowest BCUT2D eigenvalue weighted by atomic mass is 10.4. The van der Waals surface area contributed by atoms with Crippen LogP contribution < -0.4 is 11.1 Å². The minimum atomic E-state index is -0.531. The van der Waals surface area contributed by atoms with Crippen LogP contribution in [0.5, 0.6) is 0 Å². The first-order chi connectivity index (χ1) is 7.65. The largest absolute Gasteiger partial charge is 0.368 e. The zero-order chi connectivity index (χ0) is 11.5. The number of thiophene rings is 1. The van der Waals surface area contributed by atoms with E-state index < -0.39 is 5.82 Å². The molecule has 0 aliphatic rings. The fourth-order valence-electron chi connectivity index (χ4n) is 1.12. The molecule has 2 aromatic rings. The summed E-state index contributed by atoms with van der Waals surface area (Å²) in [5.74, 6) is -0.401. The van der Waals surface area contributed by atoms with Crippen LogP contribution in [-0.4, -0.2) is 9.97 Å². The van der Waals surface area contributed by atoms with Crippen molar-refractivity contribution in [3.63, 3.8) is 0 Å². The number of hydrogen-bond donors (Lipinski definition) is 2. The number of nitrogens with zero attached hydrogens (tertiary/aromatic N) is 2. The van der Waals surface area contributed by atoms with Gasteiger partial charge in [-0.15, -0.1) is 11.3 Å². The molecule has 0 fully saturated rings. The van der Waals surface area contributed by atoms with E-state index in [1.807, 2.05) is 6.07 Å². The van der Waals surface area contributed by atoms with Gasteiger partial charge in [0.05, 0.1) is 17.1 Å². The van der Waals surface area contributed by atoms with Gasteiger partial charge in [0.25, 0.3) is 0 Å². The Hall–Kier alpha value is -1.40. The molecule has 2 heterocycles. The van der Waals surface area contributed by atoms with Gasteiger partial charge in [0.1, 0.15) is 0 Å². The van der Waals surface area contributed by atoms with Crippen LogP contribution in [0.1, 0.15) is 4.88 Å². The van der Waals surface area contributed by atoms with Gasteiger partial charge in [-0.3, -0.25) is 0 Å². The molecule has 7 heteroatoms. The number of hydrogen-bond acceptors (Lipinski definition) is 5. The van der Waals surface area contributed by atoms with Gasteiger partial charge in [0.15, 0.2) is 11.6 Å². The number of anilines is 2. The van der Waals surface area contributed by atoms with E-state index in [2.05, 4.69) is 15.3 Å². The number of aromatic nitrogens is 2. The Balaban J connectivity index is 2.07. The third-order valence-electron chi connectivity index (χ3n) is 1.82. The van der Waals surface area contributed by atoms with Gasteiger partial charge in [0, 0.05) is 4.88 Å². The molecule has 84 valence electrons. The maximum Gasteiger partial charge on any atom is 0.222 e. The molecule has 0 amide bonds. The van der Waals surface area contributed by atoms with Gasteiger partial charge in [-0.25, -0.2) is 9.37 Å². The lowest BCUT2D eigenvalue weighted by Gasteiger charge is -2.04. The van der Waals surface area contributed by atoms with Gasteiger partial charge in [0.2, 0.25) is 5.95 Å². The van der Waals surface area contributed by atoms with Crippen LogP contribution in [0, 0.1) is 5.82 Å². The molecule has 0 saturated heterocycles. The summed E-state index contributed by atoms with van der Waals surface area (Å²) in [5, 5.41) is 2.83. The lowest BCUT2D eigenvalue weighted by Crippen LogP contribution is -2.05. The van der Waals surface area contributed by atoms with Crippen LogP contribution in [0.25, 0.3) is 0 Å². The third kappa shape index (κ3) is 2.59. The fraction of sp³-hybridized carbons (Fsp3) is 0.111. The van der Waals surface area contributed by atoms with Crippen LogP contribution in [-0.2, 0) is 6.54 Å². The van der Waals surface area contributed by atoms with Crippen LogP contribution in [0.3, 0.4) is 0 Å². The second kappa shape index (κ2) is 4.63. The molecule has 2 rings (SSSR count). The van der Waals surface area contributed by atoms with Crippen LogP contribution >= 0.6 is 22.9 Å². The van der Waals surface area contributed by atoms with Crippen molar-refractivity contribution in [2.24, 2.45) is 0 Å². The summed E-state index contributed by atoms with van der Waals surface area (Å²) in [7, 11) is 0. The summed E-state index contributed by atoms with van der Waals surface area (Å²) in [6.07, 6.45) is 1.03. The molecule has 3 N–H and O–H groups in total. The van der Waals surface area contributed by atoms with Crippen molar-refractivity contribution in [1.29, 1.82) is 0 Å². The van der Waals surface area contributed by atoms with Crippen molar-refractivity contribution < 1.29 is 4.39 Å². The zero-order valence-electron chi connectivity index (χ0n) is 8.08. The van der Waals surface area contributed by atoms with Gasteiger partial charge >= 0.3 is 0 Å². The SMILES string of the molecule is Nc1ncc(F)c(NCc2ccc(Cl)s2)n1. The Labute approximate surface area is 100 Å². The van der Waals surface area contributed by atoms with Crippen molar-refractivity contribution in [3.05, 3.63) is 33.4 Å². The van der Waals surface area contributed by atoms with E-state index in [1.165, 1.54) is 11.3 Å². The summed E-state index contributed by atoms with van der Waals surface area (Å²) in [6.45, 7) is 0.449. The maximum absolute atomic E-state index is 13.2. The Morgan fingerprint density at radius 1 is 1.50 bits per heavy atom. The fourth-order valence-corrected chi connectivity index (χ4v) is 2.15. The van der Waals surface area contributed by atoms with E-state index in [4.69, 9.17) is 17.3 Å².